The second kappa shape index (κ2) is 5.87. The van der Waals surface area contributed by atoms with Gasteiger partial charge in [-0.25, -0.2) is 8.78 Å². The number of hydrogen-bond acceptors (Lipinski definition) is 2. The SMILES string of the molecule is CC(=O)c1ccc(F)c(F)c1Nc1ccc(I)cc1C. The van der Waals surface area contributed by atoms with E-state index in [2.05, 4.69) is 27.9 Å². The van der Waals surface area contributed by atoms with Crippen molar-refractivity contribution in [3.63, 3.8) is 0 Å². The van der Waals surface area contributed by atoms with Gasteiger partial charge in [-0.2, -0.15) is 0 Å². The van der Waals surface area contributed by atoms with Gasteiger partial charge in [-0.05, 0) is 72.3 Å². The van der Waals surface area contributed by atoms with Gasteiger partial charge in [0.1, 0.15) is 0 Å². The molecule has 104 valence electrons. The molecule has 0 saturated carbocycles. The standard InChI is InChI=1S/C15H12F2INO/c1-8-7-10(18)3-6-13(8)19-15-11(9(2)20)4-5-12(16)14(15)17/h3-7,19H,1-2H3. The van der Waals surface area contributed by atoms with Crippen LogP contribution in [0.2, 0.25) is 0 Å². The fourth-order valence-electron chi connectivity index (χ4n) is 1.87. The number of Topliss-reactive ketones (excluding diaryl/α,β-unsaturated/α-hetero) is 1. The number of rotatable bonds is 3. The number of carbonyl (C=O) groups excluding carboxylic acids is 1. The fourth-order valence-corrected chi connectivity index (χ4v) is 2.52. The Morgan fingerprint density at radius 3 is 2.50 bits per heavy atom. The second-order valence-corrected chi connectivity index (χ2v) is 5.67. The van der Waals surface area contributed by atoms with Gasteiger partial charge in [-0.3, -0.25) is 4.79 Å². The van der Waals surface area contributed by atoms with E-state index in [0.717, 1.165) is 15.2 Å². The zero-order valence-corrected chi connectivity index (χ0v) is 13.1. The molecule has 1 N–H and O–H groups in total. The normalized spacial score (nSPS) is 10.4. The number of aryl methyl sites for hydroxylation is 1. The van der Waals surface area contributed by atoms with Crippen LogP contribution in [0.3, 0.4) is 0 Å². The molecule has 0 amide bonds. The summed E-state index contributed by atoms with van der Waals surface area (Å²) in [5.74, 6) is -2.36. The van der Waals surface area contributed by atoms with Crippen LogP contribution >= 0.6 is 22.6 Å². The van der Waals surface area contributed by atoms with Crippen molar-refractivity contribution in [3.05, 3.63) is 56.7 Å². The van der Waals surface area contributed by atoms with Crippen molar-refractivity contribution < 1.29 is 13.6 Å². The second-order valence-electron chi connectivity index (χ2n) is 4.42. The number of nitrogens with one attached hydrogen (secondary N) is 1. The molecule has 0 saturated heterocycles. The number of ketones is 1. The van der Waals surface area contributed by atoms with Crippen LogP contribution < -0.4 is 5.32 Å². The predicted octanol–water partition coefficient (Wildman–Crippen LogP) is 4.82. The maximum Gasteiger partial charge on any atom is 0.182 e. The summed E-state index contributed by atoms with van der Waals surface area (Å²) in [7, 11) is 0. The van der Waals surface area contributed by atoms with Crippen LogP contribution in [-0.4, -0.2) is 5.78 Å². The zero-order chi connectivity index (χ0) is 14.9. The highest BCUT2D eigenvalue weighted by Crippen LogP contribution is 2.29. The molecule has 0 aliphatic rings. The molecule has 0 spiro atoms. The van der Waals surface area contributed by atoms with Crippen LogP contribution in [-0.2, 0) is 0 Å². The van der Waals surface area contributed by atoms with Crippen LogP contribution in [0.15, 0.2) is 30.3 Å². The summed E-state index contributed by atoms with van der Waals surface area (Å²) in [5.41, 5.74) is 1.52. The van der Waals surface area contributed by atoms with Gasteiger partial charge in [0, 0.05) is 14.8 Å². The Balaban J connectivity index is 2.52. The minimum absolute atomic E-state index is 0.123. The number of carbonyl (C=O) groups is 1. The lowest BCUT2D eigenvalue weighted by atomic mass is 10.1. The van der Waals surface area contributed by atoms with E-state index in [1.807, 2.05) is 19.1 Å². The van der Waals surface area contributed by atoms with Gasteiger partial charge in [0.25, 0.3) is 0 Å². The highest BCUT2D eigenvalue weighted by atomic mass is 127. The lowest BCUT2D eigenvalue weighted by Crippen LogP contribution is -2.05. The van der Waals surface area contributed by atoms with E-state index in [4.69, 9.17) is 0 Å². The van der Waals surface area contributed by atoms with Crippen molar-refractivity contribution in [2.45, 2.75) is 13.8 Å². The summed E-state index contributed by atoms with van der Waals surface area (Å²) in [6.07, 6.45) is 0. The quantitative estimate of drug-likeness (QED) is 0.604. The molecule has 0 fully saturated rings. The van der Waals surface area contributed by atoms with Gasteiger partial charge < -0.3 is 5.32 Å². The third-order valence-corrected chi connectivity index (χ3v) is 3.59. The fraction of sp³-hybridized carbons (Fsp3) is 0.133. The molecule has 2 aromatic carbocycles. The third-order valence-electron chi connectivity index (χ3n) is 2.92. The number of halogens is 3. The van der Waals surface area contributed by atoms with E-state index in [9.17, 15) is 13.6 Å². The molecule has 0 unspecified atom stereocenters. The van der Waals surface area contributed by atoms with E-state index >= 15 is 0 Å². The average Bonchev–Trinajstić information content (AvgIpc) is 2.37. The van der Waals surface area contributed by atoms with Gasteiger partial charge in [-0.15, -0.1) is 0 Å². The number of hydrogen-bond donors (Lipinski definition) is 1. The Bertz CT molecular complexity index is 686. The van der Waals surface area contributed by atoms with Crippen LogP contribution in [0.4, 0.5) is 20.2 Å². The van der Waals surface area contributed by atoms with Gasteiger partial charge in [-0.1, -0.05) is 0 Å². The summed E-state index contributed by atoms with van der Waals surface area (Å²) in [5, 5.41) is 2.82. The molecule has 2 rings (SSSR count). The van der Waals surface area contributed by atoms with E-state index in [-0.39, 0.29) is 17.0 Å². The summed E-state index contributed by atoms with van der Waals surface area (Å²) in [6.45, 7) is 3.17. The molecule has 2 aromatic rings. The summed E-state index contributed by atoms with van der Waals surface area (Å²) in [4.78, 5) is 11.5. The highest BCUT2D eigenvalue weighted by molar-refractivity contribution is 14.1. The van der Waals surface area contributed by atoms with Crippen molar-refractivity contribution in [1.29, 1.82) is 0 Å². The first-order chi connectivity index (χ1) is 9.40. The Labute approximate surface area is 129 Å². The Hall–Kier alpha value is -1.50. The van der Waals surface area contributed by atoms with Crippen LogP contribution in [0, 0.1) is 22.1 Å². The first kappa shape index (κ1) is 14.9. The van der Waals surface area contributed by atoms with Crippen molar-refractivity contribution >= 4 is 39.7 Å². The van der Waals surface area contributed by atoms with Crippen molar-refractivity contribution in [3.8, 4) is 0 Å². The van der Waals surface area contributed by atoms with Crippen molar-refractivity contribution in [2.75, 3.05) is 5.32 Å². The first-order valence-corrected chi connectivity index (χ1v) is 7.00. The lowest BCUT2D eigenvalue weighted by Gasteiger charge is -2.14. The van der Waals surface area contributed by atoms with E-state index in [1.54, 1.807) is 6.07 Å². The molecule has 0 radical (unpaired) electrons. The molecule has 20 heavy (non-hydrogen) atoms. The van der Waals surface area contributed by atoms with Gasteiger partial charge in [0.15, 0.2) is 17.4 Å². The largest absolute Gasteiger partial charge is 0.352 e. The summed E-state index contributed by atoms with van der Waals surface area (Å²) in [6, 6.07) is 7.77. The monoisotopic (exact) mass is 387 g/mol. The first-order valence-electron chi connectivity index (χ1n) is 5.92. The molecule has 0 heterocycles. The Morgan fingerprint density at radius 1 is 1.20 bits per heavy atom. The van der Waals surface area contributed by atoms with Crippen LogP contribution in [0.1, 0.15) is 22.8 Å². The topological polar surface area (TPSA) is 29.1 Å². The highest BCUT2D eigenvalue weighted by Gasteiger charge is 2.17. The molecule has 0 aliphatic heterocycles. The predicted molar refractivity (Wildman–Crippen MR) is 83.5 cm³/mol. The smallest absolute Gasteiger partial charge is 0.182 e. The van der Waals surface area contributed by atoms with Gasteiger partial charge in [0.05, 0.1) is 5.69 Å². The molecule has 0 bridgehead atoms. The van der Waals surface area contributed by atoms with Gasteiger partial charge in [0.2, 0.25) is 0 Å². The van der Waals surface area contributed by atoms with E-state index in [0.29, 0.717) is 5.69 Å². The number of anilines is 2. The molecular weight excluding hydrogens is 375 g/mol. The molecule has 0 aromatic heterocycles. The van der Waals surface area contributed by atoms with Crippen LogP contribution in [0.25, 0.3) is 0 Å². The molecule has 5 heteroatoms. The minimum atomic E-state index is -1.05. The van der Waals surface area contributed by atoms with Crippen molar-refractivity contribution in [2.24, 2.45) is 0 Å². The van der Waals surface area contributed by atoms with E-state index in [1.165, 1.54) is 13.0 Å². The van der Waals surface area contributed by atoms with E-state index < -0.39 is 11.6 Å². The molecule has 0 atom stereocenters. The maximum absolute atomic E-state index is 13.9. The number of benzene rings is 2. The Morgan fingerprint density at radius 2 is 1.90 bits per heavy atom. The lowest BCUT2D eigenvalue weighted by molar-refractivity contribution is 0.101. The third kappa shape index (κ3) is 2.98. The molecular formula is C15H12F2INO. The van der Waals surface area contributed by atoms with Crippen molar-refractivity contribution in [1.82, 2.24) is 0 Å². The van der Waals surface area contributed by atoms with Crippen LogP contribution in [0.5, 0.6) is 0 Å². The Kier molecular flexibility index (Phi) is 4.37. The molecule has 2 nitrogen and oxygen atoms in total. The summed E-state index contributed by atoms with van der Waals surface area (Å²) < 4.78 is 28.3. The maximum atomic E-state index is 13.9. The zero-order valence-electron chi connectivity index (χ0n) is 10.9. The minimum Gasteiger partial charge on any atom is -0.352 e. The van der Waals surface area contributed by atoms with Gasteiger partial charge >= 0.3 is 0 Å². The average molecular weight is 387 g/mol. The summed E-state index contributed by atoms with van der Waals surface area (Å²) >= 11 is 2.17. The molecule has 0 aliphatic carbocycles.